The number of benzene rings is 2. The summed E-state index contributed by atoms with van der Waals surface area (Å²) in [4.78, 5) is 39.4. The summed E-state index contributed by atoms with van der Waals surface area (Å²) in [6, 6.07) is 4.13. The second-order valence-corrected chi connectivity index (χ2v) is 8.21. The van der Waals surface area contributed by atoms with E-state index in [2.05, 4.69) is 5.22 Å². The average molecular weight is 520 g/mol. The molecule has 1 aliphatic carbocycles. The van der Waals surface area contributed by atoms with Gasteiger partial charge in [-0.3, -0.25) is 4.90 Å². The van der Waals surface area contributed by atoms with Crippen molar-refractivity contribution in [2.45, 2.75) is 38.1 Å². The largest absolute Gasteiger partial charge is 0.490 e. The molecule has 0 atom stereocenters. The molecule has 1 fully saturated rings. The monoisotopic (exact) mass is 519 g/mol. The van der Waals surface area contributed by atoms with Crippen LogP contribution in [-0.4, -0.2) is 54.5 Å². The fraction of sp³-hybridized carbons (Fsp3) is 0.375. The summed E-state index contributed by atoms with van der Waals surface area (Å²) in [5.74, 6) is -3.41. The van der Waals surface area contributed by atoms with Crippen LogP contribution in [-0.2, 0) is 4.74 Å². The van der Waals surface area contributed by atoms with Crippen molar-refractivity contribution in [1.29, 1.82) is 5.53 Å². The highest BCUT2D eigenvalue weighted by molar-refractivity contribution is 6.06. The first-order valence-corrected chi connectivity index (χ1v) is 11.5. The number of nitrogens with zero attached hydrogens (tertiary/aromatic N) is 3. The molecule has 0 aromatic heterocycles. The molecule has 11 nitrogen and oxygen atoms in total. The standard InChI is InChI=1S/C24H27F2N5O6/c1-36-12-13-37-20-11-10-16(14-17(20)22(32)33)30(15-6-3-2-4-7-15)24(35)31(29-27)23(34)28-21-18(25)8-5-9-19(21)26/h5,8-11,14-15,27H,2-4,6-7,12-13H2,1H3,(H,28,34)(H,32,33). The van der Waals surface area contributed by atoms with Crippen LogP contribution >= 0.6 is 0 Å². The first-order valence-electron chi connectivity index (χ1n) is 11.5. The van der Waals surface area contributed by atoms with Crippen LogP contribution < -0.4 is 15.0 Å². The van der Waals surface area contributed by atoms with E-state index in [1.807, 2.05) is 5.32 Å². The zero-order valence-electron chi connectivity index (χ0n) is 20.1. The van der Waals surface area contributed by atoms with Crippen LogP contribution in [0.25, 0.3) is 0 Å². The van der Waals surface area contributed by atoms with Gasteiger partial charge in [0.1, 0.15) is 35.2 Å². The molecule has 3 rings (SSSR count). The number of carboxylic acid groups (broad SMARTS) is 1. The SMILES string of the molecule is COCCOc1ccc(N(C(=O)N(N=N)C(=O)Nc2c(F)cccc2F)C2CCCCC2)cc1C(=O)O. The van der Waals surface area contributed by atoms with Crippen LogP contribution in [0, 0.1) is 17.2 Å². The van der Waals surface area contributed by atoms with Gasteiger partial charge in [0, 0.05) is 18.8 Å². The average Bonchev–Trinajstić information content (AvgIpc) is 2.88. The van der Waals surface area contributed by atoms with E-state index in [1.54, 1.807) is 0 Å². The maximum atomic E-state index is 14.0. The second kappa shape index (κ2) is 12.7. The molecule has 2 aromatic rings. The van der Waals surface area contributed by atoms with Gasteiger partial charge in [0.2, 0.25) is 0 Å². The fourth-order valence-corrected chi connectivity index (χ4v) is 4.07. The molecule has 2 aromatic carbocycles. The number of ether oxygens (including phenoxy) is 2. The van der Waals surface area contributed by atoms with Crippen LogP contribution in [0.15, 0.2) is 41.6 Å². The Hall–Kier alpha value is -4.13. The number of halogens is 2. The number of nitrogens with one attached hydrogen (secondary N) is 2. The third kappa shape index (κ3) is 6.55. The van der Waals surface area contributed by atoms with Gasteiger partial charge in [-0.05, 0) is 43.2 Å². The predicted molar refractivity (Wildman–Crippen MR) is 128 cm³/mol. The van der Waals surface area contributed by atoms with Gasteiger partial charge >= 0.3 is 18.0 Å². The second-order valence-electron chi connectivity index (χ2n) is 8.21. The highest BCUT2D eigenvalue weighted by Crippen LogP contribution is 2.32. The van der Waals surface area contributed by atoms with Crippen LogP contribution in [0.3, 0.4) is 0 Å². The Morgan fingerprint density at radius 2 is 1.78 bits per heavy atom. The molecule has 0 bridgehead atoms. The van der Waals surface area contributed by atoms with Crippen molar-refractivity contribution in [3.63, 3.8) is 0 Å². The van der Waals surface area contributed by atoms with Crippen molar-refractivity contribution in [3.8, 4) is 5.75 Å². The first-order chi connectivity index (χ1) is 17.8. The molecule has 0 aliphatic heterocycles. The number of methoxy groups -OCH3 is 1. The number of aromatic carboxylic acids is 1. The number of urea groups is 2. The van der Waals surface area contributed by atoms with Crippen molar-refractivity contribution in [3.05, 3.63) is 53.6 Å². The normalized spacial score (nSPS) is 13.5. The summed E-state index contributed by atoms with van der Waals surface area (Å²) >= 11 is 0. The number of para-hydroxylation sites is 1. The molecule has 0 heterocycles. The summed E-state index contributed by atoms with van der Waals surface area (Å²) in [6.07, 6.45) is 3.60. The number of carbonyl (C=O) groups is 3. The smallest absolute Gasteiger partial charge is 0.355 e. The Morgan fingerprint density at radius 1 is 1.11 bits per heavy atom. The number of amides is 4. The summed E-state index contributed by atoms with van der Waals surface area (Å²) in [7, 11) is 1.47. The zero-order chi connectivity index (χ0) is 26.9. The van der Waals surface area contributed by atoms with E-state index in [0.29, 0.717) is 12.8 Å². The minimum atomic E-state index is -1.36. The molecule has 13 heteroatoms. The maximum absolute atomic E-state index is 14.0. The van der Waals surface area contributed by atoms with E-state index >= 15 is 0 Å². The lowest BCUT2D eigenvalue weighted by atomic mass is 9.93. The Bertz CT molecular complexity index is 1140. The minimum Gasteiger partial charge on any atom is -0.490 e. The highest BCUT2D eigenvalue weighted by atomic mass is 19.1. The van der Waals surface area contributed by atoms with Crippen molar-refractivity contribution in [2.75, 3.05) is 30.5 Å². The quantitative estimate of drug-likeness (QED) is 0.229. The number of anilines is 2. The van der Waals surface area contributed by atoms with E-state index in [0.717, 1.165) is 37.5 Å². The van der Waals surface area contributed by atoms with E-state index in [-0.39, 0.29) is 35.2 Å². The van der Waals surface area contributed by atoms with Gasteiger partial charge in [0.25, 0.3) is 0 Å². The third-order valence-corrected chi connectivity index (χ3v) is 5.83. The van der Waals surface area contributed by atoms with Crippen LogP contribution in [0.1, 0.15) is 42.5 Å². The first kappa shape index (κ1) is 27.5. The van der Waals surface area contributed by atoms with Gasteiger partial charge in [0.05, 0.1) is 6.61 Å². The molecule has 3 N–H and O–H groups in total. The molecule has 0 spiro atoms. The van der Waals surface area contributed by atoms with Crippen LogP contribution in [0.4, 0.5) is 29.7 Å². The fourth-order valence-electron chi connectivity index (χ4n) is 4.07. The topological polar surface area (TPSA) is 145 Å². The molecule has 0 saturated heterocycles. The van der Waals surface area contributed by atoms with Gasteiger partial charge < -0.3 is 19.9 Å². The number of hydrogen-bond donors (Lipinski definition) is 3. The van der Waals surface area contributed by atoms with Gasteiger partial charge in [-0.15, -0.1) is 5.01 Å². The van der Waals surface area contributed by atoms with Crippen molar-refractivity contribution >= 4 is 29.4 Å². The van der Waals surface area contributed by atoms with Crippen molar-refractivity contribution in [2.24, 2.45) is 5.22 Å². The Labute approximate surface area is 211 Å². The zero-order valence-corrected chi connectivity index (χ0v) is 20.1. The summed E-state index contributed by atoms with van der Waals surface area (Å²) in [5.41, 5.74) is 6.53. The van der Waals surface area contributed by atoms with E-state index in [9.17, 15) is 28.3 Å². The number of carboxylic acids is 1. The molecule has 1 aliphatic rings. The van der Waals surface area contributed by atoms with Crippen molar-refractivity contribution in [1.82, 2.24) is 5.01 Å². The summed E-state index contributed by atoms with van der Waals surface area (Å²) in [6.45, 7) is 0.324. The Balaban J connectivity index is 1.96. The molecular weight excluding hydrogens is 492 g/mol. The molecule has 0 unspecified atom stereocenters. The lowest BCUT2D eigenvalue weighted by molar-refractivity contribution is 0.0689. The van der Waals surface area contributed by atoms with Crippen LogP contribution in [0.5, 0.6) is 5.75 Å². The van der Waals surface area contributed by atoms with Crippen molar-refractivity contribution < 1.29 is 37.7 Å². The molecule has 4 amide bonds. The summed E-state index contributed by atoms with van der Waals surface area (Å²) in [5, 5.41) is 14.8. The number of rotatable bonds is 9. The van der Waals surface area contributed by atoms with E-state index < -0.39 is 41.4 Å². The molecular formula is C24H27F2N5O6. The lowest BCUT2D eigenvalue weighted by Crippen LogP contribution is -2.50. The lowest BCUT2D eigenvalue weighted by Gasteiger charge is -2.35. The Morgan fingerprint density at radius 3 is 2.38 bits per heavy atom. The number of hydrogen-bond acceptors (Lipinski definition) is 7. The molecule has 37 heavy (non-hydrogen) atoms. The van der Waals surface area contributed by atoms with E-state index in [4.69, 9.17) is 15.0 Å². The predicted octanol–water partition coefficient (Wildman–Crippen LogP) is 5.43. The maximum Gasteiger partial charge on any atom is 0.355 e. The van der Waals surface area contributed by atoms with E-state index in [1.165, 1.54) is 30.2 Å². The number of imide groups is 1. The number of carbonyl (C=O) groups excluding carboxylic acids is 2. The van der Waals surface area contributed by atoms with Crippen LogP contribution in [0.2, 0.25) is 0 Å². The van der Waals surface area contributed by atoms with Gasteiger partial charge in [-0.2, -0.15) is 5.53 Å². The highest BCUT2D eigenvalue weighted by Gasteiger charge is 2.35. The molecule has 1 saturated carbocycles. The van der Waals surface area contributed by atoms with Gasteiger partial charge in [-0.1, -0.05) is 30.6 Å². The molecule has 0 radical (unpaired) electrons. The molecule has 198 valence electrons. The van der Waals surface area contributed by atoms with Gasteiger partial charge in [0.15, 0.2) is 0 Å². The summed E-state index contributed by atoms with van der Waals surface area (Å²) < 4.78 is 38.5. The minimum absolute atomic E-state index is 0.0548. The third-order valence-electron chi connectivity index (χ3n) is 5.83. The Kier molecular flexibility index (Phi) is 9.44. The van der Waals surface area contributed by atoms with Gasteiger partial charge in [-0.25, -0.2) is 23.2 Å².